The molecule has 4 rings (SSSR count). The van der Waals surface area contributed by atoms with E-state index in [4.69, 9.17) is 4.74 Å². The highest BCUT2D eigenvalue weighted by atomic mass is 16.5. The highest BCUT2D eigenvalue weighted by Gasteiger charge is 2.41. The average Bonchev–Trinajstić information content (AvgIpc) is 3.11. The molecule has 3 heterocycles. The molecule has 4 atom stereocenters. The zero-order valence-electron chi connectivity index (χ0n) is 15.2. The number of piperidine rings is 1. The number of hydrogen-bond donors (Lipinski definition) is 0. The Balaban J connectivity index is 1.37. The summed E-state index contributed by atoms with van der Waals surface area (Å²) in [5, 5.41) is 5.83. The molecule has 4 heteroatoms. The summed E-state index contributed by atoms with van der Waals surface area (Å²) in [6.45, 7) is 8.96. The van der Waals surface area contributed by atoms with Gasteiger partial charge >= 0.3 is 0 Å². The van der Waals surface area contributed by atoms with Crippen molar-refractivity contribution in [2.24, 2.45) is 5.92 Å². The highest BCUT2D eigenvalue weighted by Crippen LogP contribution is 2.37. The van der Waals surface area contributed by atoms with Gasteiger partial charge in [0.1, 0.15) is 0 Å². The van der Waals surface area contributed by atoms with Gasteiger partial charge < -0.3 is 4.74 Å². The van der Waals surface area contributed by atoms with Crippen LogP contribution in [-0.2, 0) is 11.3 Å². The van der Waals surface area contributed by atoms with Gasteiger partial charge in [-0.15, -0.1) is 6.58 Å². The molecule has 2 saturated heterocycles. The van der Waals surface area contributed by atoms with Gasteiger partial charge in [0.15, 0.2) is 0 Å². The molecule has 134 valence electrons. The molecule has 0 spiro atoms. The fourth-order valence-electron chi connectivity index (χ4n) is 4.75. The fourth-order valence-corrected chi connectivity index (χ4v) is 4.75. The van der Waals surface area contributed by atoms with Crippen LogP contribution in [0.5, 0.6) is 0 Å². The van der Waals surface area contributed by atoms with Gasteiger partial charge in [0.25, 0.3) is 0 Å². The van der Waals surface area contributed by atoms with Gasteiger partial charge in [-0.1, -0.05) is 31.2 Å². The molecular formula is C21H29N3O. The zero-order chi connectivity index (χ0) is 17.2. The fraction of sp³-hybridized carbons (Fsp3) is 0.571. The molecule has 25 heavy (non-hydrogen) atoms. The van der Waals surface area contributed by atoms with E-state index < -0.39 is 0 Å². The Morgan fingerprint density at radius 2 is 2.00 bits per heavy atom. The van der Waals surface area contributed by atoms with Crippen LogP contribution in [0.25, 0.3) is 10.9 Å². The Kier molecular flexibility index (Phi) is 4.91. The summed E-state index contributed by atoms with van der Waals surface area (Å²) in [7, 11) is 0. The first kappa shape index (κ1) is 16.8. The van der Waals surface area contributed by atoms with Crippen molar-refractivity contribution >= 4 is 10.9 Å². The molecule has 0 aliphatic carbocycles. The topological polar surface area (TPSA) is 30.3 Å². The molecule has 1 aromatic heterocycles. The van der Waals surface area contributed by atoms with Gasteiger partial charge in [0.05, 0.1) is 24.4 Å². The number of nitrogens with zero attached hydrogens (tertiary/aromatic N) is 3. The van der Waals surface area contributed by atoms with Crippen LogP contribution in [0.2, 0.25) is 0 Å². The predicted octanol–water partition coefficient (Wildman–Crippen LogP) is 3.87. The summed E-state index contributed by atoms with van der Waals surface area (Å²) < 4.78 is 8.11. The summed E-state index contributed by atoms with van der Waals surface area (Å²) in [6.07, 6.45) is 9.30. The monoisotopic (exact) mass is 339 g/mol. The standard InChI is InChI=1S/C21H29N3O/c1-3-10-25-20-11-18-8-9-19(12-20)23(18)14-16(2)15-24-21-7-5-4-6-17(21)13-22-24/h3-7,13,16,18-20H,1,8-12,14-15H2,2H3/t16-,18+,19?,20?/m1/s1. The van der Waals surface area contributed by atoms with Gasteiger partial charge in [0, 0.05) is 30.6 Å². The van der Waals surface area contributed by atoms with Gasteiger partial charge in [-0.05, 0) is 37.7 Å². The molecule has 0 radical (unpaired) electrons. The second-order valence-corrected chi connectivity index (χ2v) is 7.79. The number of rotatable bonds is 7. The first-order valence-electron chi connectivity index (χ1n) is 9.63. The third kappa shape index (κ3) is 3.51. The Morgan fingerprint density at radius 3 is 2.76 bits per heavy atom. The van der Waals surface area contributed by atoms with E-state index in [0.29, 0.717) is 30.7 Å². The first-order chi connectivity index (χ1) is 12.2. The lowest BCUT2D eigenvalue weighted by Gasteiger charge is -2.40. The SMILES string of the molecule is C=CCOC1CC2CC[C@@H](C1)N2C[C@@H](C)Cn1ncc2ccccc21. The molecule has 0 amide bonds. The summed E-state index contributed by atoms with van der Waals surface area (Å²) in [5.41, 5.74) is 1.24. The molecule has 0 N–H and O–H groups in total. The minimum absolute atomic E-state index is 0.428. The maximum Gasteiger partial charge on any atom is 0.0682 e. The van der Waals surface area contributed by atoms with E-state index in [0.717, 1.165) is 13.1 Å². The quantitative estimate of drug-likeness (QED) is 0.717. The van der Waals surface area contributed by atoms with Crippen molar-refractivity contribution in [3.8, 4) is 0 Å². The average molecular weight is 339 g/mol. The normalized spacial score (nSPS) is 27.6. The van der Waals surface area contributed by atoms with Crippen molar-refractivity contribution in [3.05, 3.63) is 43.1 Å². The van der Waals surface area contributed by atoms with E-state index >= 15 is 0 Å². The van der Waals surface area contributed by atoms with Crippen molar-refractivity contribution in [1.82, 2.24) is 14.7 Å². The minimum atomic E-state index is 0.428. The van der Waals surface area contributed by atoms with Crippen molar-refractivity contribution in [2.45, 2.75) is 57.3 Å². The number of fused-ring (bicyclic) bond motifs is 3. The second kappa shape index (κ2) is 7.30. The second-order valence-electron chi connectivity index (χ2n) is 7.79. The summed E-state index contributed by atoms with van der Waals surface area (Å²) in [6, 6.07) is 9.88. The molecule has 2 aromatic rings. The highest BCUT2D eigenvalue weighted by molar-refractivity contribution is 5.78. The number of benzene rings is 1. The lowest BCUT2D eigenvalue weighted by Crippen LogP contribution is -2.47. The van der Waals surface area contributed by atoms with Crippen LogP contribution in [0.3, 0.4) is 0 Å². The Bertz CT molecular complexity index is 711. The predicted molar refractivity (Wildman–Crippen MR) is 102 cm³/mol. The third-order valence-electron chi connectivity index (χ3n) is 5.85. The summed E-state index contributed by atoms with van der Waals surface area (Å²) >= 11 is 0. The van der Waals surface area contributed by atoms with Crippen molar-refractivity contribution in [2.75, 3.05) is 13.2 Å². The maximum absolute atomic E-state index is 5.94. The van der Waals surface area contributed by atoms with Gasteiger partial charge in [-0.2, -0.15) is 5.10 Å². The van der Waals surface area contributed by atoms with Crippen LogP contribution in [-0.4, -0.2) is 46.0 Å². The molecule has 1 aromatic carbocycles. The number of ether oxygens (including phenoxy) is 1. The Labute approximate surface area is 150 Å². The van der Waals surface area contributed by atoms with E-state index in [-0.39, 0.29) is 0 Å². The minimum Gasteiger partial charge on any atom is -0.374 e. The van der Waals surface area contributed by atoms with Crippen LogP contribution in [0.1, 0.15) is 32.6 Å². The number of aromatic nitrogens is 2. The van der Waals surface area contributed by atoms with Crippen molar-refractivity contribution in [1.29, 1.82) is 0 Å². The molecule has 2 unspecified atom stereocenters. The van der Waals surface area contributed by atoms with Crippen molar-refractivity contribution < 1.29 is 4.74 Å². The van der Waals surface area contributed by atoms with E-state index in [2.05, 4.69) is 52.4 Å². The van der Waals surface area contributed by atoms with Gasteiger partial charge in [-0.25, -0.2) is 0 Å². The summed E-state index contributed by atoms with van der Waals surface area (Å²) in [4.78, 5) is 2.75. The molecule has 4 nitrogen and oxygen atoms in total. The molecule has 2 aliphatic rings. The Morgan fingerprint density at radius 1 is 1.24 bits per heavy atom. The van der Waals surface area contributed by atoms with Crippen molar-refractivity contribution in [3.63, 3.8) is 0 Å². The third-order valence-corrected chi connectivity index (χ3v) is 5.85. The largest absolute Gasteiger partial charge is 0.374 e. The smallest absolute Gasteiger partial charge is 0.0682 e. The van der Waals surface area contributed by atoms with Crippen LogP contribution in [0.15, 0.2) is 43.1 Å². The van der Waals surface area contributed by atoms with E-state index in [9.17, 15) is 0 Å². The first-order valence-corrected chi connectivity index (χ1v) is 9.63. The molecule has 0 saturated carbocycles. The zero-order valence-corrected chi connectivity index (χ0v) is 15.2. The molecule has 2 fully saturated rings. The van der Waals surface area contributed by atoms with Gasteiger partial charge in [-0.3, -0.25) is 9.58 Å². The molecule has 2 bridgehead atoms. The van der Waals surface area contributed by atoms with Crippen LogP contribution in [0.4, 0.5) is 0 Å². The van der Waals surface area contributed by atoms with Crippen LogP contribution >= 0.6 is 0 Å². The van der Waals surface area contributed by atoms with Crippen LogP contribution < -0.4 is 0 Å². The Hall–Kier alpha value is -1.65. The lowest BCUT2D eigenvalue weighted by molar-refractivity contribution is -0.0134. The van der Waals surface area contributed by atoms with E-state index in [1.165, 1.54) is 36.6 Å². The maximum atomic E-state index is 5.94. The van der Waals surface area contributed by atoms with Crippen LogP contribution in [0, 0.1) is 5.92 Å². The number of para-hydroxylation sites is 1. The number of hydrogen-bond acceptors (Lipinski definition) is 3. The van der Waals surface area contributed by atoms with E-state index in [1.807, 2.05) is 12.3 Å². The van der Waals surface area contributed by atoms with Gasteiger partial charge in [0.2, 0.25) is 0 Å². The molecular weight excluding hydrogens is 310 g/mol. The lowest BCUT2D eigenvalue weighted by atomic mass is 9.98. The summed E-state index contributed by atoms with van der Waals surface area (Å²) in [5.74, 6) is 0.594. The van der Waals surface area contributed by atoms with E-state index in [1.54, 1.807) is 0 Å². The molecule has 2 aliphatic heterocycles.